The van der Waals surface area contributed by atoms with Gasteiger partial charge >= 0.3 is 0 Å². The summed E-state index contributed by atoms with van der Waals surface area (Å²) in [5, 5.41) is 14.1. The van der Waals surface area contributed by atoms with E-state index in [0.717, 1.165) is 11.3 Å². The van der Waals surface area contributed by atoms with Gasteiger partial charge in [-0.25, -0.2) is 0 Å². The van der Waals surface area contributed by atoms with Crippen LogP contribution in [0.5, 0.6) is 5.75 Å². The van der Waals surface area contributed by atoms with Gasteiger partial charge in [-0.3, -0.25) is 15.1 Å². The first-order valence-electron chi connectivity index (χ1n) is 6.08. The molecule has 0 unspecified atom stereocenters. The van der Waals surface area contributed by atoms with Gasteiger partial charge in [0.05, 0.1) is 24.3 Å². The lowest BCUT2D eigenvalue weighted by molar-refractivity contribution is -0.384. The van der Waals surface area contributed by atoms with Crippen molar-refractivity contribution >= 4 is 11.4 Å². The predicted octanol–water partition coefficient (Wildman–Crippen LogP) is 2.92. The molecule has 0 spiro atoms. The number of ether oxygens (including phenoxy) is 1. The number of hydrogen-bond acceptors (Lipinski definition) is 5. The molecule has 0 saturated heterocycles. The summed E-state index contributed by atoms with van der Waals surface area (Å²) < 4.78 is 5.09. The van der Waals surface area contributed by atoms with Gasteiger partial charge < -0.3 is 10.1 Å². The van der Waals surface area contributed by atoms with Crippen LogP contribution in [0.15, 0.2) is 36.5 Å². The number of benzene rings is 1. The van der Waals surface area contributed by atoms with Crippen molar-refractivity contribution in [1.82, 2.24) is 4.98 Å². The van der Waals surface area contributed by atoms with E-state index in [1.165, 1.54) is 13.2 Å². The molecule has 1 N–H and O–H groups in total. The first kappa shape index (κ1) is 13.8. The van der Waals surface area contributed by atoms with Crippen LogP contribution in [-0.4, -0.2) is 17.0 Å². The number of nitro benzene ring substituents is 1. The van der Waals surface area contributed by atoms with E-state index in [0.29, 0.717) is 18.0 Å². The van der Waals surface area contributed by atoms with E-state index in [1.807, 2.05) is 19.1 Å². The van der Waals surface area contributed by atoms with E-state index in [2.05, 4.69) is 10.3 Å². The number of anilines is 1. The van der Waals surface area contributed by atoms with Gasteiger partial charge in [0, 0.05) is 18.3 Å². The Morgan fingerprint density at radius 3 is 2.85 bits per heavy atom. The zero-order chi connectivity index (χ0) is 14.5. The predicted molar refractivity (Wildman–Crippen MR) is 75.9 cm³/mol. The van der Waals surface area contributed by atoms with Crippen molar-refractivity contribution in [1.29, 1.82) is 0 Å². The summed E-state index contributed by atoms with van der Waals surface area (Å²) in [7, 11) is 1.52. The van der Waals surface area contributed by atoms with Crippen LogP contribution in [0, 0.1) is 17.0 Å². The number of nitro groups is 1. The molecule has 1 heterocycles. The quantitative estimate of drug-likeness (QED) is 0.669. The van der Waals surface area contributed by atoms with Gasteiger partial charge in [-0.2, -0.15) is 0 Å². The van der Waals surface area contributed by atoms with Crippen molar-refractivity contribution in [3.63, 3.8) is 0 Å². The number of rotatable bonds is 5. The maximum atomic E-state index is 11.0. The molecule has 1 aromatic carbocycles. The van der Waals surface area contributed by atoms with E-state index in [4.69, 9.17) is 4.74 Å². The van der Waals surface area contributed by atoms with E-state index in [1.54, 1.807) is 18.3 Å². The Bertz CT molecular complexity index is 629. The van der Waals surface area contributed by atoms with Crippen molar-refractivity contribution in [3.05, 3.63) is 57.9 Å². The smallest absolute Gasteiger partial charge is 0.292 e. The summed E-state index contributed by atoms with van der Waals surface area (Å²) in [6, 6.07) is 8.40. The van der Waals surface area contributed by atoms with Crippen molar-refractivity contribution in [2.45, 2.75) is 13.5 Å². The summed E-state index contributed by atoms with van der Waals surface area (Å²) in [4.78, 5) is 14.8. The second-order valence-corrected chi connectivity index (χ2v) is 4.26. The number of pyridine rings is 1. The average molecular weight is 273 g/mol. The van der Waals surface area contributed by atoms with Gasteiger partial charge in [0.15, 0.2) is 0 Å². The Balaban J connectivity index is 2.24. The Morgan fingerprint density at radius 1 is 1.40 bits per heavy atom. The zero-order valence-corrected chi connectivity index (χ0v) is 11.3. The number of hydrogen-bond donors (Lipinski definition) is 1. The van der Waals surface area contributed by atoms with Crippen LogP contribution in [0.3, 0.4) is 0 Å². The number of aryl methyl sites for hydroxylation is 1. The highest BCUT2D eigenvalue weighted by molar-refractivity contribution is 5.64. The minimum atomic E-state index is -0.424. The molecule has 0 aliphatic rings. The standard InChI is InChI=1S/C14H15N3O3/c1-10-4-3-7-15-13(10)9-16-12-8-11(20-2)5-6-14(12)17(18)19/h3-8,16H,9H2,1-2H3. The molecular weight excluding hydrogens is 258 g/mol. The van der Waals surface area contributed by atoms with E-state index >= 15 is 0 Å². The molecule has 2 aromatic rings. The normalized spacial score (nSPS) is 10.1. The second-order valence-electron chi connectivity index (χ2n) is 4.26. The third kappa shape index (κ3) is 3.03. The van der Waals surface area contributed by atoms with E-state index in [-0.39, 0.29) is 5.69 Å². The fraction of sp³-hybridized carbons (Fsp3) is 0.214. The Morgan fingerprint density at radius 2 is 2.20 bits per heavy atom. The molecule has 0 fully saturated rings. The summed E-state index contributed by atoms with van der Waals surface area (Å²) in [6.07, 6.45) is 1.70. The van der Waals surface area contributed by atoms with E-state index in [9.17, 15) is 10.1 Å². The van der Waals surface area contributed by atoms with Crippen molar-refractivity contribution in [3.8, 4) is 5.75 Å². The van der Waals surface area contributed by atoms with Gasteiger partial charge in [0.2, 0.25) is 0 Å². The number of methoxy groups -OCH3 is 1. The molecule has 20 heavy (non-hydrogen) atoms. The lowest BCUT2D eigenvalue weighted by Gasteiger charge is -2.09. The summed E-state index contributed by atoms with van der Waals surface area (Å²) in [5.41, 5.74) is 2.31. The molecular formula is C14H15N3O3. The SMILES string of the molecule is COc1ccc([N+](=O)[O-])c(NCc2ncccc2C)c1. The molecule has 1 aromatic heterocycles. The Hall–Kier alpha value is -2.63. The van der Waals surface area contributed by atoms with Crippen LogP contribution in [0.2, 0.25) is 0 Å². The van der Waals surface area contributed by atoms with Gasteiger partial charge in [-0.05, 0) is 24.6 Å². The van der Waals surface area contributed by atoms with Crippen molar-refractivity contribution in [2.75, 3.05) is 12.4 Å². The third-order valence-electron chi connectivity index (χ3n) is 2.96. The lowest BCUT2D eigenvalue weighted by atomic mass is 10.2. The highest BCUT2D eigenvalue weighted by atomic mass is 16.6. The molecule has 0 aliphatic heterocycles. The van der Waals surface area contributed by atoms with Gasteiger partial charge in [-0.1, -0.05) is 6.07 Å². The Kier molecular flexibility index (Phi) is 4.14. The topological polar surface area (TPSA) is 77.3 Å². The van der Waals surface area contributed by atoms with Crippen LogP contribution in [0.25, 0.3) is 0 Å². The molecule has 0 amide bonds. The zero-order valence-electron chi connectivity index (χ0n) is 11.3. The number of aromatic nitrogens is 1. The minimum absolute atomic E-state index is 0.0133. The highest BCUT2D eigenvalue weighted by Gasteiger charge is 2.14. The minimum Gasteiger partial charge on any atom is -0.497 e. The maximum absolute atomic E-state index is 11.0. The highest BCUT2D eigenvalue weighted by Crippen LogP contribution is 2.29. The maximum Gasteiger partial charge on any atom is 0.292 e. The summed E-state index contributed by atoms with van der Waals surface area (Å²) >= 11 is 0. The van der Waals surface area contributed by atoms with Gasteiger partial charge in [-0.15, -0.1) is 0 Å². The van der Waals surface area contributed by atoms with Gasteiger partial charge in [0.1, 0.15) is 11.4 Å². The summed E-state index contributed by atoms with van der Waals surface area (Å²) in [6.45, 7) is 2.37. The molecule has 0 aliphatic carbocycles. The van der Waals surface area contributed by atoms with Crippen molar-refractivity contribution in [2.24, 2.45) is 0 Å². The second kappa shape index (κ2) is 6.01. The third-order valence-corrected chi connectivity index (χ3v) is 2.96. The number of nitrogens with one attached hydrogen (secondary N) is 1. The van der Waals surface area contributed by atoms with Crippen LogP contribution in [-0.2, 0) is 6.54 Å². The first-order valence-corrected chi connectivity index (χ1v) is 6.08. The molecule has 6 nitrogen and oxygen atoms in total. The van der Waals surface area contributed by atoms with Crippen molar-refractivity contribution < 1.29 is 9.66 Å². The molecule has 0 radical (unpaired) electrons. The molecule has 104 valence electrons. The monoisotopic (exact) mass is 273 g/mol. The van der Waals surface area contributed by atoms with Crippen LogP contribution in [0.1, 0.15) is 11.3 Å². The molecule has 0 atom stereocenters. The van der Waals surface area contributed by atoms with Crippen LogP contribution in [0.4, 0.5) is 11.4 Å². The number of nitrogens with zero attached hydrogens (tertiary/aromatic N) is 2. The lowest BCUT2D eigenvalue weighted by Crippen LogP contribution is -2.05. The molecule has 6 heteroatoms. The van der Waals surface area contributed by atoms with E-state index < -0.39 is 4.92 Å². The van der Waals surface area contributed by atoms with Crippen LogP contribution >= 0.6 is 0 Å². The fourth-order valence-electron chi connectivity index (χ4n) is 1.83. The Labute approximate surface area is 116 Å². The fourth-order valence-corrected chi connectivity index (χ4v) is 1.83. The average Bonchev–Trinajstić information content (AvgIpc) is 2.46. The van der Waals surface area contributed by atoms with Crippen LogP contribution < -0.4 is 10.1 Å². The molecule has 0 saturated carbocycles. The molecule has 2 rings (SSSR count). The molecule has 0 bridgehead atoms. The van der Waals surface area contributed by atoms with Gasteiger partial charge in [0.25, 0.3) is 5.69 Å². The first-order chi connectivity index (χ1) is 9.61. The largest absolute Gasteiger partial charge is 0.497 e. The summed E-state index contributed by atoms with van der Waals surface area (Å²) in [5.74, 6) is 0.566.